The van der Waals surface area contributed by atoms with Crippen LogP contribution in [0.2, 0.25) is 0 Å². The molecule has 2 rings (SSSR count). The molecule has 104 valence electrons. The van der Waals surface area contributed by atoms with Crippen molar-refractivity contribution in [1.29, 1.82) is 0 Å². The Bertz CT molecular complexity index is 655. The fourth-order valence-corrected chi connectivity index (χ4v) is 1.76. The molecule has 0 aliphatic carbocycles. The summed E-state index contributed by atoms with van der Waals surface area (Å²) in [6, 6.07) is 4.43. The Morgan fingerprint density at radius 1 is 1.50 bits per heavy atom. The van der Waals surface area contributed by atoms with Crippen molar-refractivity contribution in [2.45, 2.75) is 13.5 Å². The van der Waals surface area contributed by atoms with Crippen molar-refractivity contribution in [1.82, 2.24) is 10.2 Å². The van der Waals surface area contributed by atoms with Crippen LogP contribution < -0.4 is 0 Å². The Labute approximate surface area is 122 Å². The summed E-state index contributed by atoms with van der Waals surface area (Å²) >= 11 is 3.22. The molecule has 0 unspecified atom stereocenters. The van der Waals surface area contributed by atoms with E-state index < -0.39 is 11.8 Å². The highest BCUT2D eigenvalue weighted by Gasteiger charge is 2.05. The van der Waals surface area contributed by atoms with Crippen molar-refractivity contribution in [3.05, 3.63) is 51.9 Å². The molecule has 1 heterocycles. The highest BCUT2D eigenvalue weighted by molar-refractivity contribution is 9.10. The van der Waals surface area contributed by atoms with E-state index in [0.717, 1.165) is 6.08 Å². The molecule has 0 spiro atoms. The maximum atomic E-state index is 13.4. The third kappa shape index (κ3) is 3.99. The number of ether oxygens (including phenoxy) is 1. The van der Waals surface area contributed by atoms with Crippen molar-refractivity contribution in [3.8, 4) is 0 Å². The van der Waals surface area contributed by atoms with Gasteiger partial charge in [0.25, 0.3) is 5.89 Å². The van der Waals surface area contributed by atoms with Gasteiger partial charge in [-0.2, -0.15) is 0 Å². The second-order valence-electron chi connectivity index (χ2n) is 3.82. The van der Waals surface area contributed by atoms with Crippen LogP contribution in [0.4, 0.5) is 4.39 Å². The second kappa shape index (κ2) is 6.42. The molecule has 0 saturated carbocycles. The summed E-state index contributed by atoms with van der Waals surface area (Å²) in [5.41, 5.74) is 0.282. The van der Waals surface area contributed by atoms with Crippen LogP contribution in [0, 0.1) is 12.7 Å². The van der Waals surface area contributed by atoms with Crippen molar-refractivity contribution in [2.24, 2.45) is 0 Å². The quantitative estimate of drug-likeness (QED) is 0.632. The fraction of sp³-hybridized carbons (Fsp3) is 0.154. The number of rotatable bonds is 4. The first-order chi connectivity index (χ1) is 9.54. The minimum Gasteiger partial charge on any atom is -0.452 e. The first-order valence-electron chi connectivity index (χ1n) is 5.63. The maximum Gasteiger partial charge on any atom is 0.331 e. The summed E-state index contributed by atoms with van der Waals surface area (Å²) < 4.78 is 24.1. The van der Waals surface area contributed by atoms with E-state index in [-0.39, 0.29) is 18.1 Å². The Morgan fingerprint density at radius 3 is 3.00 bits per heavy atom. The third-order valence-corrected chi connectivity index (χ3v) is 2.76. The van der Waals surface area contributed by atoms with Crippen LogP contribution in [0.1, 0.15) is 17.3 Å². The molecule has 1 aromatic heterocycles. The van der Waals surface area contributed by atoms with E-state index in [1.165, 1.54) is 12.1 Å². The van der Waals surface area contributed by atoms with Crippen LogP contribution >= 0.6 is 15.9 Å². The number of aryl methyl sites for hydroxylation is 1. The van der Waals surface area contributed by atoms with Gasteiger partial charge in [-0.1, -0.05) is 15.9 Å². The average Bonchev–Trinajstić information content (AvgIpc) is 2.83. The Balaban J connectivity index is 1.93. The average molecular weight is 341 g/mol. The second-order valence-corrected chi connectivity index (χ2v) is 4.74. The molecule has 0 aliphatic heterocycles. The Kier molecular flexibility index (Phi) is 4.62. The standard InChI is InChI=1S/C13H10BrFN2O3/c1-8-16-17-12(20-8)7-19-13(18)5-2-9-6-10(14)3-4-11(9)15/h2-6H,7H2,1H3. The lowest BCUT2D eigenvalue weighted by Crippen LogP contribution is -2.01. The molecule has 0 atom stereocenters. The van der Waals surface area contributed by atoms with E-state index in [1.54, 1.807) is 19.1 Å². The number of carbonyl (C=O) groups is 1. The van der Waals surface area contributed by atoms with Crippen molar-refractivity contribution in [2.75, 3.05) is 0 Å². The fourth-order valence-electron chi connectivity index (χ4n) is 1.38. The smallest absolute Gasteiger partial charge is 0.331 e. The van der Waals surface area contributed by atoms with Crippen molar-refractivity contribution >= 4 is 28.0 Å². The molecule has 0 radical (unpaired) electrons. The van der Waals surface area contributed by atoms with E-state index in [1.807, 2.05) is 0 Å². The Hall–Kier alpha value is -2.02. The van der Waals surface area contributed by atoms with E-state index in [0.29, 0.717) is 10.4 Å². The van der Waals surface area contributed by atoms with Crippen LogP contribution in [0.15, 0.2) is 33.2 Å². The van der Waals surface area contributed by atoms with E-state index in [2.05, 4.69) is 26.1 Å². The van der Waals surface area contributed by atoms with Gasteiger partial charge in [-0.05, 0) is 24.3 Å². The van der Waals surface area contributed by atoms with E-state index >= 15 is 0 Å². The molecule has 0 fully saturated rings. The van der Waals surface area contributed by atoms with Crippen LogP contribution in [0.3, 0.4) is 0 Å². The molecule has 7 heteroatoms. The van der Waals surface area contributed by atoms with Gasteiger partial charge in [0, 0.05) is 23.0 Å². The summed E-state index contributed by atoms with van der Waals surface area (Å²) in [6.45, 7) is 1.51. The van der Waals surface area contributed by atoms with Crippen molar-refractivity contribution in [3.63, 3.8) is 0 Å². The number of hydrogen-bond donors (Lipinski definition) is 0. The lowest BCUT2D eigenvalue weighted by molar-refractivity contribution is -0.139. The minimum atomic E-state index is -0.625. The molecule has 0 aliphatic rings. The number of halogens is 2. The lowest BCUT2D eigenvalue weighted by atomic mass is 10.2. The molecule has 0 N–H and O–H groups in total. The zero-order valence-electron chi connectivity index (χ0n) is 10.5. The van der Waals surface area contributed by atoms with E-state index in [4.69, 9.17) is 9.15 Å². The number of benzene rings is 1. The molecule has 5 nitrogen and oxygen atoms in total. The molecule has 1 aromatic carbocycles. The highest BCUT2D eigenvalue weighted by atomic mass is 79.9. The molecular weight excluding hydrogens is 331 g/mol. The van der Waals surface area contributed by atoms with Gasteiger partial charge < -0.3 is 9.15 Å². The molecule has 0 amide bonds. The molecular formula is C13H10BrFN2O3. The van der Waals surface area contributed by atoms with Gasteiger partial charge >= 0.3 is 5.97 Å². The minimum absolute atomic E-state index is 0.120. The van der Waals surface area contributed by atoms with Gasteiger partial charge in [-0.3, -0.25) is 0 Å². The summed E-state index contributed by atoms with van der Waals surface area (Å²) in [5, 5.41) is 7.28. The maximum absolute atomic E-state index is 13.4. The predicted octanol–water partition coefficient (Wildman–Crippen LogP) is 3.04. The van der Waals surface area contributed by atoms with Gasteiger partial charge in [0.15, 0.2) is 6.61 Å². The normalized spacial score (nSPS) is 10.9. The number of esters is 1. The largest absolute Gasteiger partial charge is 0.452 e. The number of hydrogen-bond acceptors (Lipinski definition) is 5. The topological polar surface area (TPSA) is 65.2 Å². The zero-order chi connectivity index (χ0) is 14.5. The first-order valence-corrected chi connectivity index (χ1v) is 6.43. The van der Waals surface area contributed by atoms with Crippen LogP contribution in [0.25, 0.3) is 6.08 Å². The summed E-state index contributed by atoms with van der Waals surface area (Å²) in [4.78, 5) is 11.5. The van der Waals surface area contributed by atoms with Gasteiger partial charge in [-0.25, -0.2) is 9.18 Å². The van der Waals surface area contributed by atoms with Crippen LogP contribution in [-0.4, -0.2) is 16.2 Å². The number of nitrogens with zero attached hydrogens (tertiary/aromatic N) is 2. The Morgan fingerprint density at radius 2 is 2.30 bits per heavy atom. The molecule has 20 heavy (non-hydrogen) atoms. The van der Waals surface area contributed by atoms with E-state index in [9.17, 15) is 9.18 Å². The lowest BCUT2D eigenvalue weighted by Gasteiger charge is -1.99. The van der Waals surface area contributed by atoms with Gasteiger partial charge in [0.05, 0.1) is 0 Å². The molecule has 0 bridgehead atoms. The van der Waals surface area contributed by atoms with Crippen LogP contribution in [-0.2, 0) is 16.1 Å². The third-order valence-electron chi connectivity index (χ3n) is 2.26. The number of aromatic nitrogens is 2. The summed E-state index contributed by atoms with van der Waals surface area (Å²) in [5.74, 6) is -0.453. The summed E-state index contributed by atoms with van der Waals surface area (Å²) in [7, 11) is 0. The SMILES string of the molecule is Cc1nnc(COC(=O)C=Cc2cc(Br)ccc2F)o1. The monoisotopic (exact) mass is 340 g/mol. The molecule has 0 saturated heterocycles. The highest BCUT2D eigenvalue weighted by Crippen LogP contribution is 2.16. The van der Waals surface area contributed by atoms with Gasteiger partial charge in [-0.15, -0.1) is 10.2 Å². The van der Waals surface area contributed by atoms with Gasteiger partial charge in [0.1, 0.15) is 5.82 Å². The molecule has 2 aromatic rings. The predicted molar refractivity (Wildman–Crippen MR) is 72.0 cm³/mol. The first kappa shape index (κ1) is 14.4. The summed E-state index contributed by atoms with van der Waals surface area (Å²) in [6.07, 6.45) is 2.47. The number of carbonyl (C=O) groups excluding carboxylic acids is 1. The van der Waals surface area contributed by atoms with Crippen molar-refractivity contribution < 1.29 is 18.3 Å². The van der Waals surface area contributed by atoms with Gasteiger partial charge in [0.2, 0.25) is 5.89 Å². The van der Waals surface area contributed by atoms with Crippen LogP contribution in [0.5, 0.6) is 0 Å². The zero-order valence-corrected chi connectivity index (χ0v) is 12.1.